The van der Waals surface area contributed by atoms with Crippen molar-refractivity contribution in [2.45, 2.75) is 39.1 Å². The van der Waals surface area contributed by atoms with Gasteiger partial charge in [-0.15, -0.1) is 0 Å². The molecule has 0 aliphatic rings. The second kappa shape index (κ2) is 8.04. The number of hydrogen-bond donors (Lipinski definition) is 0. The van der Waals surface area contributed by atoms with Gasteiger partial charge in [0.15, 0.2) is 6.61 Å². The Bertz CT molecular complexity index is 778. The molecule has 146 valence electrons. The molecular formula is C15H19F2NO7S. The van der Waals surface area contributed by atoms with Gasteiger partial charge in [-0.1, -0.05) is 19.1 Å². The van der Waals surface area contributed by atoms with E-state index in [1.165, 1.54) is 32.0 Å². The average molecular weight is 395 g/mol. The summed E-state index contributed by atoms with van der Waals surface area (Å²) in [4.78, 5) is 21.7. The largest absolute Gasteiger partial charge is 0.458 e. The van der Waals surface area contributed by atoms with E-state index in [0.717, 1.165) is 6.07 Å². The molecule has 0 heterocycles. The van der Waals surface area contributed by atoms with Crippen molar-refractivity contribution >= 4 is 21.8 Å². The molecule has 8 nitrogen and oxygen atoms in total. The molecule has 0 fully saturated rings. The minimum absolute atomic E-state index is 0.194. The Balaban J connectivity index is 2.83. The zero-order valence-electron chi connectivity index (χ0n) is 14.4. The van der Waals surface area contributed by atoms with Gasteiger partial charge in [0.1, 0.15) is 0 Å². The predicted molar refractivity (Wildman–Crippen MR) is 86.8 cm³/mol. The lowest BCUT2D eigenvalue weighted by atomic mass is 9.91. The van der Waals surface area contributed by atoms with E-state index in [4.69, 9.17) is 0 Å². The molecule has 0 radical (unpaired) electrons. The van der Waals surface area contributed by atoms with Crippen LogP contribution < -0.4 is 0 Å². The summed E-state index contributed by atoms with van der Waals surface area (Å²) < 4.78 is 59.8. The summed E-state index contributed by atoms with van der Waals surface area (Å²) in [5.74, 6) is -0.978. The molecule has 0 saturated heterocycles. The van der Waals surface area contributed by atoms with E-state index in [9.17, 15) is 32.1 Å². The molecule has 0 spiro atoms. The molecule has 0 atom stereocenters. The number of halogens is 2. The molecular weight excluding hydrogens is 376 g/mol. The van der Waals surface area contributed by atoms with Gasteiger partial charge < -0.3 is 4.74 Å². The Morgan fingerprint density at radius 2 is 1.85 bits per heavy atom. The molecule has 1 aromatic carbocycles. The summed E-state index contributed by atoms with van der Waals surface area (Å²) in [7, 11) is -5.48. The van der Waals surface area contributed by atoms with Crippen LogP contribution in [0, 0.1) is 15.5 Å². The number of alkyl halides is 2. The van der Waals surface area contributed by atoms with Gasteiger partial charge in [-0.2, -0.15) is 17.2 Å². The highest BCUT2D eigenvalue weighted by atomic mass is 32.2. The third-order valence-corrected chi connectivity index (χ3v) is 5.01. The molecule has 0 aliphatic carbocycles. The average Bonchev–Trinajstić information content (AvgIpc) is 2.57. The van der Waals surface area contributed by atoms with E-state index in [-0.39, 0.29) is 5.56 Å². The van der Waals surface area contributed by atoms with E-state index in [1.807, 2.05) is 0 Å². The maximum absolute atomic E-state index is 13.9. The minimum Gasteiger partial charge on any atom is -0.458 e. The van der Waals surface area contributed by atoms with Crippen LogP contribution in [0.15, 0.2) is 24.3 Å². The smallest absolute Gasteiger partial charge is 0.403 e. The van der Waals surface area contributed by atoms with Gasteiger partial charge in [-0.05, 0) is 26.3 Å². The SMILES string of the molecule is CCC(C)(C)C(=O)OCC(F)(F)S(=O)(=O)OCc1ccccc1[N+](=O)[O-]. The fraction of sp³-hybridized carbons (Fsp3) is 0.533. The van der Waals surface area contributed by atoms with Crippen molar-refractivity contribution in [2.24, 2.45) is 5.41 Å². The molecule has 0 unspecified atom stereocenters. The number of nitro groups is 1. The third-order valence-electron chi connectivity index (χ3n) is 3.73. The lowest BCUT2D eigenvalue weighted by molar-refractivity contribution is -0.385. The number of nitrogens with zero attached hydrogens (tertiary/aromatic N) is 1. The van der Waals surface area contributed by atoms with Crippen LogP contribution in [0.5, 0.6) is 0 Å². The van der Waals surface area contributed by atoms with Crippen molar-refractivity contribution in [3.63, 3.8) is 0 Å². The van der Waals surface area contributed by atoms with Crippen LogP contribution in [0.2, 0.25) is 0 Å². The standard InChI is InChI=1S/C15H19F2NO7S/c1-4-14(2,3)13(19)24-10-15(16,17)26(22,23)25-9-11-7-5-6-8-12(11)18(20)21/h5-8H,4,9-10H2,1-3H3. The number of carbonyl (C=O) groups is 1. The Morgan fingerprint density at radius 3 is 2.38 bits per heavy atom. The maximum atomic E-state index is 13.9. The quantitative estimate of drug-likeness (QED) is 0.273. The Kier molecular flexibility index (Phi) is 6.77. The zero-order valence-corrected chi connectivity index (χ0v) is 15.2. The number of nitro benzene ring substituents is 1. The molecule has 11 heteroatoms. The molecule has 0 bridgehead atoms. The second-order valence-electron chi connectivity index (χ2n) is 6.05. The Morgan fingerprint density at radius 1 is 1.27 bits per heavy atom. The summed E-state index contributed by atoms with van der Waals surface area (Å²) in [6.07, 6.45) is 0.304. The first-order valence-corrected chi connectivity index (χ1v) is 8.91. The van der Waals surface area contributed by atoms with Gasteiger partial charge in [0.25, 0.3) is 5.69 Å². The summed E-state index contributed by atoms with van der Waals surface area (Å²) in [6, 6.07) is 4.96. The fourth-order valence-electron chi connectivity index (χ4n) is 1.60. The first-order valence-electron chi connectivity index (χ1n) is 7.50. The summed E-state index contributed by atoms with van der Waals surface area (Å²) in [5.41, 5.74) is -1.71. The van der Waals surface area contributed by atoms with Crippen LogP contribution in [-0.2, 0) is 30.4 Å². The first-order chi connectivity index (χ1) is 11.8. The van der Waals surface area contributed by atoms with Gasteiger partial charge >= 0.3 is 21.3 Å². The van der Waals surface area contributed by atoms with Gasteiger partial charge in [0, 0.05) is 6.07 Å². The molecule has 0 saturated carbocycles. The number of benzene rings is 1. The highest BCUT2D eigenvalue weighted by Crippen LogP contribution is 2.29. The number of carbonyl (C=O) groups excluding carboxylic acids is 1. The molecule has 0 aliphatic heterocycles. The van der Waals surface area contributed by atoms with E-state index >= 15 is 0 Å². The number of ether oxygens (including phenoxy) is 1. The van der Waals surface area contributed by atoms with Crippen molar-refractivity contribution in [1.29, 1.82) is 0 Å². The van der Waals surface area contributed by atoms with Crippen LogP contribution in [-0.4, -0.2) is 31.2 Å². The van der Waals surface area contributed by atoms with Crippen LogP contribution in [0.4, 0.5) is 14.5 Å². The molecule has 26 heavy (non-hydrogen) atoms. The molecule has 1 rings (SSSR count). The van der Waals surface area contributed by atoms with E-state index in [0.29, 0.717) is 6.42 Å². The van der Waals surface area contributed by atoms with Crippen molar-refractivity contribution in [2.75, 3.05) is 6.61 Å². The topological polar surface area (TPSA) is 113 Å². The van der Waals surface area contributed by atoms with Crippen LogP contribution in [0.1, 0.15) is 32.8 Å². The molecule has 0 N–H and O–H groups in total. The normalized spacial score (nSPS) is 12.7. The maximum Gasteiger partial charge on any atom is 0.403 e. The third kappa shape index (κ3) is 5.18. The van der Waals surface area contributed by atoms with Crippen molar-refractivity contribution in [1.82, 2.24) is 0 Å². The monoisotopic (exact) mass is 395 g/mol. The Labute approximate surface area is 149 Å². The van der Waals surface area contributed by atoms with E-state index in [2.05, 4.69) is 8.92 Å². The number of rotatable bonds is 9. The van der Waals surface area contributed by atoms with E-state index < -0.39 is 50.6 Å². The van der Waals surface area contributed by atoms with Gasteiger partial charge in [0.05, 0.1) is 22.5 Å². The van der Waals surface area contributed by atoms with Crippen LogP contribution >= 0.6 is 0 Å². The number of esters is 1. The van der Waals surface area contributed by atoms with Crippen LogP contribution in [0.3, 0.4) is 0 Å². The number of para-hydroxylation sites is 1. The van der Waals surface area contributed by atoms with Crippen molar-refractivity contribution in [3.8, 4) is 0 Å². The second-order valence-corrected chi connectivity index (χ2v) is 7.79. The molecule has 0 aromatic heterocycles. The molecule has 0 amide bonds. The highest BCUT2D eigenvalue weighted by Gasteiger charge is 2.48. The van der Waals surface area contributed by atoms with E-state index in [1.54, 1.807) is 6.92 Å². The minimum atomic E-state index is -5.48. The summed E-state index contributed by atoms with van der Waals surface area (Å²) in [6.45, 7) is 1.91. The first kappa shape index (κ1) is 21.9. The summed E-state index contributed by atoms with van der Waals surface area (Å²) in [5, 5.41) is 6.33. The van der Waals surface area contributed by atoms with Gasteiger partial charge in [-0.25, -0.2) is 0 Å². The zero-order chi connectivity index (χ0) is 20.2. The van der Waals surface area contributed by atoms with Crippen LogP contribution in [0.25, 0.3) is 0 Å². The van der Waals surface area contributed by atoms with Crippen molar-refractivity contribution in [3.05, 3.63) is 39.9 Å². The fourth-order valence-corrected chi connectivity index (χ4v) is 2.26. The predicted octanol–water partition coefficient (Wildman–Crippen LogP) is 3.01. The summed E-state index contributed by atoms with van der Waals surface area (Å²) >= 11 is 0. The lowest BCUT2D eigenvalue weighted by Crippen LogP contribution is -2.38. The Hall–Kier alpha value is -2.14. The van der Waals surface area contributed by atoms with Crippen molar-refractivity contribution < 1.29 is 35.8 Å². The van der Waals surface area contributed by atoms with Gasteiger partial charge in [0.2, 0.25) is 0 Å². The van der Waals surface area contributed by atoms with Gasteiger partial charge in [-0.3, -0.25) is 19.1 Å². The molecule has 1 aromatic rings. The lowest BCUT2D eigenvalue weighted by Gasteiger charge is -2.22. The highest BCUT2D eigenvalue weighted by molar-refractivity contribution is 7.87. The number of hydrogen-bond acceptors (Lipinski definition) is 7.